The van der Waals surface area contributed by atoms with Crippen LogP contribution in [0.2, 0.25) is 0 Å². The largest absolute Gasteiger partial charge is 0.384 e. The number of hydrogen-bond acceptors (Lipinski definition) is 2. The van der Waals surface area contributed by atoms with Crippen molar-refractivity contribution in [3.8, 4) is 0 Å². The molecule has 0 saturated carbocycles. The summed E-state index contributed by atoms with van der Waals surface area (Å²) in [5.74, 6) is 0.535. The van der Waals surface area contributed by atoms with Crippen LogP contribution in [0.4, 0.5) is 0 Å². The van der Waals surface area contributed by atoms with E-state index in [9.17, 15) is 5.11 Å². The molecular formula is C14H23NO. The molecule has 0 aliphatic carbocycles. The number of aliphatic hydroxyl groups is 1. The van der Waals surface area contributed by atoms with Crippen LogP contribution in [0.1, 0.15) is 44.2 Å². The predicted molar refractivity (Wildman–Crippen MR) is 68.6 cm³/mol. The lowest BCUT2D eigenvalue weighted by Gasteiger charge is -2.27. The third-order valence-corrected chi connectivity index (χ3v) is 3.17. The molecule has 0 aliphatic rings. The Morgan fingerprint density at radius 2 is 1.81 bits per heavy atom. The standard InChI is InChI=1S/C14H23NO/c1-5-14(16,10-15-4)13-8-6-12(7-9-13)11(2)3/h6-9,11,15-16H,5,10H2,1-4H3. The molecule has 90 valence electrons. The van der Waals surface area contributed by atoms with Crippen molar-refractivity contribution in [1.82, 2.24) is 5.32 Å². The molecule has 2 nitrogen and oxygen atoms in total. The highest BCUT2D eigenvalue weighted by Gasteiger charge is 2.25. The Hall–Kier alpha value is -0.860. The third-order valence-electron chi connectivity index (χ3n) is 3.17. The lowest BCUT2D eigenvalue weighted by molar-refractivity contribution is 0.0346. The van der Waals surface area contributed by atoms with Crippen molar-refractivity contribution >= 4 is 0 Å². The first kappa shape index (κ1) is 13.2. The number of likely N-dealkylation sites (N-methyl/N-ethyl adjacent to an activating group) is 1. The first-order chi connectivity index (χ1) is 7.53. The van der Waals surface area contributed by atoms with E-state index in [4.69, 9.17) is 0 Å². The van der Waals surface area contributed by atoms with Crippen LogP contribution in [0, 0.1) is 0 Å². The van der Waals surface area contributed by atoms with Gasteiger partial charge in [0.15, 0.2) is 0 Å². The topological polar surface area (TPSA) is 32.3 Å². The monoisotopic (exact) mass is 221 g/mol. The summed E-state index contributed by atoms with van der Waals surface area (Å²) < 4.78 is 0. The number of benzene rings is 1. The first-order valence-corrected chi connectivity index (χ1v) is 6.01. The van der Waals surface area contributed by atoms with Crippen LogP contribution in [0.3, 0.4) is 0 Å². The van der Waals surface area contributed by atoms with Gasteiger partial charge >= 0.3 is 0 Å². The summed E-state index contributed by atoms with van der Waals surface area (Å²) in [4.78, 5) is 0. The first-order valence-electron chi connectivity index (χ1n) is 6.01. The summed E-state index contributed by atoms with van der Waals surface area (Å²) in [7, 11) is 1.86. The SMILES string of the molecule is CCC(O)(CNC)c1ccc(C(C)C)cc1. The van der Waals surface area contributed by atoms with Crippen molar-refractivity contribution in [2.45, 2.75) is 38.7 Å². The Bertz CT molecular complexity index is 318. The van der Waals surface area contributed by atoms with Crippen LogP contribution in [0.15, 0.2) is 24.3 Å². The Morgan fingerprint density at radius 1 is 1.25 bits per heavy atom. The molecule has 0 radical (unpaired) electrons. The number of rotatable bonds is 5. The molecule has 16 heavy (non-hydrogen) atoms. The maximum atomic E-state index is 10.5. The normalized spacial score (nSPS) is 15.1. The highest BCUT2D eigenvalue weighted by molar-refractivity contribution is 5.29. The second-order valence-corrected chi connectivity index (χ2v) is 4.69. The molecule has 1 aromatic carbocycles. The van der Waals surface area contributed by atoms with Gasteiger partial charge in [-0.2, -0.15) is 0 Å². The molecule has 1 aromatic rings. The maximum absolute atomic E-state index is 10.5. The second kappa shape index (κ2) is 5.46. The fourth-order valence-corrected chi connectivity index (χ4v) is 1.90. The van der Waals surface area contributed by atoms with E-state index >= 15 is 0 Å². The quantitative estimate of drug-likeness (QED) is 0.801. The number of nitrogens with one attached hydrogen (secondary N) is 1. The van der Waals surface area contributed by atoms with Gasteiger partial charge in [-0.15, -0.1) is 0 Å². The van der Waals surface area contributed by atoms with Gasteiger partial charge in [0.05, 0.1) is 0 Å². The Morgan fingerprint density at radius 3 is 2.19 bits per heavy atom. The zero-order valence-corrected chi connectivity index (χ0v) is 10.7. The fourth-order valence-electron chi connectivity index (χ4n) is 1.90. The van der Waals surface area contributed by atoms with Crippen molar-refractivity contribution < 1.29 is 5.11 Å². The van der Waals surface area contributed by atoms with Crippen molar-refractivity contribution in [2.24, 2.45) is 0 Å². The van der Waals surface area contributed by atoms with Crippen molar-refractivity contribution in [3.05, 3.63) is 35.4 Å². The molecule has 1 atom stereocenters. The zero-order chi connectivity index (χ0) is 12.2. The summed E-state index contributed by atoms with van der Waals surface area (Å²) in [6, 6.07) is 8.29. The Balaban J connectivity index is 2.94. The lowest BCUT2D eigenvalue weighted by atomic mass is 9.89. The molecule has 0 spiro atoms. The molecule has 0 fully saturated rings. The highest BCUT2D eigenvalue weighted by Crippen LogP contribution is 2.25. The van der Waals surface area contributed by atoms with Crippen molar-refractivity contribution in [1.29, 1.82) is 0 Å². The third kappa shape index (κ3) is 2.83. The molecular weight excluding hydrogens is 198 g/mol. The molecule has 2 heteroatoms. The molecule has 1 unspecified atom stereocenters. The van der Waals surface area contributed by atoms with Crippen molar-refractivity contribution in [3.63, 3.8) is 0 Å². The van der Waals surface area contributed by atoms with E-state index < -0.39 is 5.60 Å². The van der Waals surface area contributed by atoms with E-state index in [1.165, 1.54) is 5.56 Å². The van der Waals surface area contributed by atoms with Gasteiger partial charge in [-0.25, -0.2) is 0 Å². The van der Waals surface area contributed by atoms with Crippen LogP contribution >= 0.6 is 0 Å². The summed E-state index contributed by atoms with van der Waals surface area (Å²) in [6.07, 6.45) is 0.717. The smallest absolute Gasteiger partial charge is 0.102 e. The molecule has 0 aliphatic heterocycles. The molecule has 0 aromatic heterocycles. The van der Waals surface area contributed by atoms with Crippen LogP contribution in [0.5, 0.6) is 0 Å². The molecule has 0 heterocycles. The van der Waals surface area contributed by atoms with E-state index in [-0.39, 0.29) is 0 Å². The van der Waals surface area contributed by atoms with Crippen LogP contribution in [0.25, 0.3) is 0 Å². The average Bonchev–Trinajstić information content (AvgIpc) is 2.29. The summed E-state index contributed by atoms with van der Waals surface area (Å²) in [5.41, 5.74) is 1.56. The van der Waals surface area contributed by atoms with Gasteiger partial charge in [-0.1, -0.05) is 45.0 Å². The summed E-state index contributed by atoms with van der Waals surface area (Å²) >= 11 is 0. The minimum absolute atomic E-state index is 0.535. The maximum Gasteiger partial charge on any atom is 0.102 e. The molecule has 0 saturated heterocycles. The lowest BCUT2D eigenvalue weighted by Crippen LogP contribution is -2.35. The molecule has 0 amide bonds. The minimum atomic E-state index is -0.746. The van der Waals surface area contributed by atoms with Crippen LogP contribution < -0.4 is 5.32 Å². The molecule has 2 N–H and O–H groups in total. The Kier molecular flexibility index (Phi) is 4.51. The van der Waals surface area contributed by atoms with Gasteiger partial charge in [0.25, 0.3) is 0 Å². The molecule has 1 rings (SSSR count). The second-order valence-electron chi connectivity index (χ2n) is 4.69. The summed E-state index contributed by atoms with van der Waals surface area (Å²) in [5, 5.41) is 13.5. The van der Waals surface area contributed by atoms with Gasteiger partial charge in [0.1, 0.15) is 5.60 Å². The van der Waals surface area contributed by atoms with Crippen molar-refractivity contribution in [2.75, 3.05) is 13.6 Å². The van der Waals surface area contributed by atoms with E-state index in [2.05, 4.69) is 31.3 Å². The van der Waals surface area contributed by atoms with Gasteiger partial charge in [0, 0.05) is 6.54 Å². The van der Waals surface area contributed by atoms with Crippen LogP contribution in [-0.2, 0) is 5.60 Å². The predicted octanol–water partition coefficient (Wildman–Crippen LogP) is 2.63. The van der Waals surface area contributed by atoms with E-state index in [0.29, 0.717) is 12.5 Å². The van der Waals surface area contributed by atoms with Gasteiger partial charge in [-0.3, -0.25) is 0 Å². The van der Waals surface area contributed by atoms with Gasteiger partial charge < -0.3 is 10.4 Å². The zero-order valence-electron chi connectivity index (χ0n) is 10.7. The van der Waals surface area contributed by atoms with E-state index in [1.54, 1.807) is 0 Å². The van der Waals surface area contributed by atoms with Gasteiger partial charge in [-0.05, 0) is 30.5 Å². The highest BCUT2D eigenvalue weighted by atomic mass is 16.3. The Labute approximate surface area is 98.7 Å². The summed E-state index contributed by atoms with van der Waals surface area (Å²) in [6.45, 7) is 6.95. The molecule has 0 bridgehead atoms. The number of hydrogen-bond donors (Lipinski definition) is 2. The van der Waals surface area contributed by atoms with E-state index in [1.807, 2.05) is 26.1 Å². The van der Waals surface area contributed by atoms with E-state index in [0.717, 1.165) is 12.0 Å². The minimum Gasteiger partial charge on any atom is -0.384 e. The van der Waals surface area contributed by atoms with Gasteiger partial charge in [0.2, 0.25) is 0 Å². The van der Waals surface area contributed by atoms with Crippen LogP contribution in [-0.4, -0.2) is 18.7 Å². The average molecular weight is 221 g/mol. The fraction of sp³-hybridized carbons (Fsp3) is 0.571.